The van der Waals surface area contributed by atoms with Crippen LogP contribution in [0.4, 0.5) is 5.69 Å². The van der Waals surface area contributed by atoms with Crippen LogP contribution in [0.25, 0.3) is 0 Å². The molecule has 13 heavy (non-hydrogen) atoms. The van der Waals surface area contributed by atoms with Crippen molar-refractivity contribution in [2.45, 2.75) is 19.3 Å². The van der Waals surface area contributed by atoms with E-state index in [1.165, 1.54) is 28.5 Å². The first kappa shape index (κ1) is 9.31. The molecule has 0 aliphatic heterocycles. The number of anilines is 1. The standard InChI is InChI=1S/C11H14IN/c12-10-4-6-11(7-5-10)13-8-9-2-1-3-9/h4-7,9,13H,1-3,8H2. The van der Waals surface area contributed by atoms with Gasteiger partial charge in [-0.25, -0.2) is 0 Å². The highest BCUT2D eigenvalue weighted by atomic mass is 127. The first-order valence-corrected chi connectivity index (χ1v) is 5.92. The molecule has 0 aromatic heterocycles. The maximum absolute atomic E-state index is 3.47. The van der Waals surface area contributed by atoms with Gasteiger partial charge in [-0.3, -0.25) is 0 Å². The van der Waals surface area contributed by atoms with Crippen LogP contribution in [0.1, 0.15) is 19.3 Å². The van der Waals surface area contributed by atoms with Crippen LogP contribution in [0.5, 0.6) is 0 Å². The predicted octanol–water partition coefficient (Wildman–Crippen LogP) is 3.50. The molecule has 1 nitrogen and oxygen atoms in total. The third-order valence-electron chi connectivity index (χ3n) is 2.66. The van der Waals surface area contributed by atoms with Gasteiger partial charge in [-0.2, -0.15) is 0 Å². The Morgan fingerprint density at radius 2 is 1.92 bits per heavy atom. The van der Waals surface area contributed by atoms with Crippen LogP contribution in [0.2, 0.25) is 0 Å². The second-order valence-electron chi connectivity index (χ2n) is 3.68. The third-order valence-corrected chi connectivity index (χ3v) is 3.38. The summed E-state index contributed by atoms with van der Waals surface area (Å²) < 4.78 is 1.30. The van der Waals surface area contributed by atoms with E-state index in [0.29, 0.717) is 0 Å². The molecule has 0 spiro atoms. The Balaban J connectivity index is 1.83. The Bertz CT molecular complexity index is 264. The maximum Gasteiger partial charge on any atom is 0.0340 e. The first-order valence-electron chi connectivity index (χ1n) is 4.84. The molecule has 0 radical (unpaired) electrons. The van der Waals surface area contributed by atoms with Crippen LogP contribution in [-0.4, -0.2) is 6.54 Å². The molecule has 1 aromatic rings. The van der Waals surface area contributed by atoms with Gasteiger partial charge >= 0.3 is 0 Å². The molecule has 1 N–H and O–H groups in total. The molecule has 0 bridgehead atoms. The molecule has 0 heterocycles. The van der Waals surface area contributed by atoms with Gasteiger partial charge in [-0.15, -0.1) is 0 Å². The zero-order chi connectivity index (χ0) is 9.10. The minimum absolute atomic E-state index is 0.930. The Morgan fingerprint density at radius 1 is 1.23 bits per heavy atom. The summed E-state index contributed by atoms with van der Waals surface area (Å²) in [4.78, 5) is 0. The van der Waals surface area contributed by atoms with Crippen LogP contribution in [0.3, 0.4) is 0 Å². The lowest BCUT2D eigenvalue weighted by molar-refractivity contribution is 0.333. The predicted molar refractivity (Wildman–Crippen MR) is 65.0 cm³/mol. The summed E-state index contributed by atoms with van der Waals surface area (Å²) in [6.07, 6.45) is 4.26. The number of benzene rings is 1. The Hall–Kier alpha value is -0.250. The molecule has 1 aromatic carbocycles. The Kier molecular flexibility index (Phi) is 3.09. The SMILES string of the molecule is Ic1ccc(NCC2CCC2)cc1. The number of halogens is 1. The summed E-state index contributed by atoms with van der Waals surface area (Å²) in [5, 5.41) is 3.47. The van der Waals surface area contributed by atoms with Gasteiger partial charge in [0.05, 0.1) is 0 Å². The van der Waals surface area contributed by atoms with E-state index < -0.39 is 0 Å². The molecule has 2 heteroatoms. The van der Waals surface area contributed by atoms with Gasteiger partial charge in [0.25, 0.3) is 0 Å². The van der Waals surface area contributed by atoms with Crippen molar-refractivity contribution in [1.82, 2.24) is 0 Å². The highest BCUT2D eigenvalue weighted by Crippen LogP contribution is 2.26. The summed E-state index contributed by atoms with van der Waals surface area (Å²) in [5.74, 6) is 0.930. The second-order valence-corrected chi connectivity index (χ2v) is 4.93. The zero-order valence-corrected chi connectivity index (χ0v) is 9.75. The fraction of sp³-hybridized carbons (Fsp3) is 0.455. The van der Waals surface area contributed by atoms with E-state index in [4.69, 9.17) is 0 Å². The normalized spacial score (nSPS) is 16.7. The van der Waals surface area contributed by atoms with Crippen molar-refractivity contribution >= 4 is 28.3 Å². The number of hydrogen-bond acceptors (Lipinski definition) is 1. The van der Waals surface area contributed by atoms with E-state index in [1.54, 1.807) is 0 Å². The molecule has 0 unspecified atom stereocenters. The van der Waals surface area contributed by atoms with Crippen LogP contribution < -0.4 is 5.32 Å². The van der Waals surface area contributed by atoms with Crippen molar-refractivity contribution < 1.29 is 0 Å². The highest BCUT2D eigenvalue weighted by Gasteiger charge is 2.16. The lowest BCUT2D eigenvalue weighted by Crippen LogP contribution is -2.20. The fourth-order valence-corrected chi connectivity index (χ4v) is 1.89. The number of nitrogens with one attached hydrogen (secondary N) is 1. The van der Waals surface area contributed by atoms with Crippen molar-refractivity contribution in [3.63, 3.8) is 0 Å². The second kappa shape index (κ2) is 4.31. The minimum Gasteiger partial charge on any atom is -0.385 e. The van der Waals surface area contributed by atoms with E-state index in [1.807, 2.05) is 0 Å². The fourth-order valence-electron chi connectivity index (χ4n) is 1.53. The van der Waals surface area contributed by atoms with Gasteiger partial charge < -0.3 is 5.32 Å². The Labute approximate surface area is 93.1 Å². The molecular formula is C11H14IN. The summed E-state index contributed by atoms with van der Waals surface area (Å²) in [6, 6.07) is 8.59. The largest absolute Gasteiger partial charge is 0.385 e. The number of rotatable bonds is 3. The molecule has 0 saturated heterocycles. The molecule has 1 aliphatic carbocycles. The summed E-state index contributed by atoms with van der Waals surface area (Å²) in [7, 11) is 0. The highest BCUT2D eigenvalue weighted by molar-refractivity contribution is 14.1. The van der Waals surface area contributed by atoms with Gasteiger partial charge in [-0.05, 0) is 65.6 Å². The van der Waals surface area contributed by atoms with Crippen molar-refractivity contribution in [2.24, 2.45) is 5.92 Å². The molecule has 1 fully saturated rings. The van der Waals surface area contributed by atoms with Crippen LogP contribution in [0, 0.1) is 9.49 Å². The van der Waals surface area contributed by atoms with E-state index in [-0.39, 0.29) is 0 Å². The smallest absolute Gasteiger partial charge is 0.0340 e. The molecule has 0 atom stereocenters. The molecule has 70 valence electrons. The molecule has 2 rings (SSSR count). The lowest BCUT2D eigenvalue weighted by atomic mass is 9.85. The average Bonchev–Trinajstić information content (AvgIpc) is 2.05. The van der Waals surface area contributed by atoms with Gasteiger partial charge in [-0.1, -0.05) is 6.42 Å². The molecule has 1 aliphatic rings. The molecule has 1 saturated carbocycles. The average molecular weight is 287 g/mol. The van der Waals surface area contributed by atoms with Gasteiger partial charge in [0, 0.05) is 15.8 Å². The van der Waals surface area contributed by atoms with Crippen LogP contribution >= 0.6 is 22.6 Å². The van der Waals surface area contributed by atoms with Crippen molar-refractivity contribution in [3.05, 3.63) is 27.8 Å². The van der Waals surface area contributed by atoms with E-state index in [0.717, 1.165) is 12.5 Å². The van der Waals surface area contributed by atoms with E-state index in [9.17, 15) is 0 Å². The molecule has 0 amide bonds. The zero-order valence-electron chi connectivity index (χ0n) is 7.59. The molecular weight excluding hydrogens is 273 g/mol. The van der Waals surface area contributed by atoms with E-state index >= 15 is 0 Å². The monoisotopic (exact) mass is 287 g/mol. The van der Waals surface area contributed by atoms with Crippen molar-refractivity contribution in [3.8, 4) is 0 Å². The third kappa shape index (κ3) is 2.59. The van der Waals surface area contributed by atoms with Crippen molar-refractivity contribution in [1.29, 1.82) is 0 Å². The van der Waals surface area contributed by atoms with E-state index in [2.05, 4.69) is 52.2 Å². The van der Waals surface area contributed by atoms with Crippen LogP contribution in [0.15, 0.2) is 24.3 Å². The topological polar surface area (TPSA) is 12.0 Å². The Morgan fingerprint density at radius 3 is 2.46 bits per heavy atom. The van der Waals surface area contributed by atoms with Gasteiger partial charge in [0.15, 0.2) is 0 Å². The van der Waals surface area contributed by atoms with Gasteiger partial charge in [0.1, 0.15) is 0 Å². The summed E-state index contributed by atoms with van der Waals surface area (Å²) in [5.41, 5.74) is 1.26. The summed E-state index contributed by atoms with van der Waals surface area (Å²) >= 11 is 2.33. The van der Waals surface area contributed by atoms with Crippen molar-refractivity contribution in [2.75, 3.05) is 11.9 Å². The van der Waals surface area contributed by atoms with Crippen LogP contribution in [-0.2, 0) is 0 Å². The number of hydrogen-bond donors (Lipinski definition) is 1. The maximum atomic E-state index is 3.47. The summed E-state index contributed by atoms with van der Waals surface area (Å²) in [6.45, 7) is 1.15. The first-order chi connectivity index (χ1) is 6.34. The minimum atomic E-state index is 0.930. The lowest BCUT2D eigenvalue weighted by Gasteiger charge is -2.25. The van der Waals surface area contributed by atoms with Gasteiger partial charge in [0.2, 0.25) is 0 Å². The quantitative estimate of drug-likeness (QED) is 0.839.